The normalized spacial score (nSPS) is 19.1. The third-order valence-corrected chi connectivity index (χ3v) is 5.29. The summed E-state index contributed by atoms with van der Waals surface area (Å²) in [6, 6.07) is 10.5. The highest BCUT2D eigenvalue weighted by Crippen LogP contribution is 2.47. The third kappa shape index (κ3) is 2.88. The Kier molecular flexibility index (Phi) is 4.21. The summed E-state index contributed by atoms with van der Waals surface area (Å²) < 4.78 is 20.3. The number of fused-ring (bicyclic) bond motifs is 1. The number of hydrogen-bond donors (Lipinski definition) is 2. The molecular weight excluding hydrogens is 389 g/mol. The van der Waals surface area contributed by atoms with E-state index in [0.717, 1.165) is 5.56 Å². The van der Waals surface area contributed by atoms with Gasteiger partial charge < -0.3 is 15.2 Å². The van der Waals surface area contributed by atoms with E-state index in [2.05, 4.69) is 21.2 Å². The van der Waals surface area contributed by atoms with Crippen LogP contribution in [0.5, 0.6) is 5.75 Å². The van der Waals surface area contributed by atoms with Crippen LogP contribution in [0, 0.1) is 5.82 Å². The second kappa shape index (κ2) is 6.02. The van der Waals surface area contributed by atoms with E-state index in [1.165, 1.54) is 6.07 Å². The molecule has 1 heterocycles. The lowest BCUT2D eigenvalue weighted by Gasteiger charge is -2.29. The minimum Gasteiger partial charge on any atom is -0.480 e. The van der Waals surface area contributed by atoms with E-state index < -0.39 is 17.5 Å². The summed E-state index contributed by atoms with van der Waals surface area (Å²) in [5.41, 5.74) is 0.572. The number of rotatable bonds is 3. The van der Waals surface area contributed by atoms with Crippen LogP contribution in [0.3, 0.4) is 0 Å². The highest BCUT2D eigenvalue weighted by atomic mass is 79.9. The molecule has 0 fully saturated rings. The lowest BCUT2D eigenvalue weighted by atomic mass is 9.89. The summed E-state index contributed by atoms with van der Waals surface area (Å²) in [6.07, 6.45) is -0.782. The Morgan fingerprint density at radius 2 is 2.13 bits per heavy atom. The molecule has 0 bridgehead atoms. The van der Waals surface area contributed by atoms with Gasteiger partial charge >= 0.3 is 6.09 Å². The summed E-state index contributed by atoms with van der Waals surface area (Å²) >= 11 is 9.24. The Labute approximate surface area is 145 Å². The van der Waals surface area contributed by atoms with Gasteiger partial charge in [-0.1, -0.05) is 41.9 Å². The highest BCUT2D eigenvalue weighted by Gasteiger charge is 2.43. The van der Waals surface area contributed by atoms with Gasteiger partial charge in [-0.25, -0.2) is 9.18 Å². The van der Waals surface area contributed by atoms with Gasteiger partial charge in [-0.05, 0) is 21.5 Å². The van der Waals surface area contributed by atoms with Crippen LogP contribution in [0.1, 0.15) is 11.1 Å². The van der Waals surface area contributed by atoms with Crippen LogP contribution in [-0.2, 0) is 12.0 Å². The summed E-state index contributed by atoms with van der Waals surface area (Å²) in [7, 11) is 0. The molecule has 2 aromatic rings. The Morgan fingerprint density at radius 1 is 1.43 bits per heavy atom. The first kappa shape index (κ1) is 16.1. The molecule has 2 N–H and O–H groups in total. The summed E-state index contributed by atoms with van der Waals surface area (Å²) in [6.45, 7) is 0.0344. The number of ether oxygens (including phenoxy) is 1. The van der Waals surface area contributed by atoms with Crippen LogP contribution in [0.15, 0.2) is 40.9 Å². The smallest absolute Gasteiger partial charge is 0.404 e. The predicted octanol–water partition coefficient (Wildman–Crippen LogP) is 4.34. The Bertz CT molecular complexity index is 772. The molecule has 1 aliphatic heterocycles. The maximum absolute atomic E-state index is 13.9. The molecule has 0 saturated heterocycles. The topological polar surface area (TPSA) is 58.6 Å². The van der Waals surface area contributed by atoms with Gasteiger partial charge in [0.15, 0.2) is 5.60 Å². The Hall–Kier alpha value is -1.79. The molecule has 0 radical (unpaired) electrons. The first-order valence-corrected chi connectivity index (χ1v) is 7.98. The van der Waals surface area contributed by atoms with Gasteiger partial charge in [0.2, 0.25) is 0 Å². The van der Waals surface area contributed by atoms with E-state index in [0.29, 0.717) is 22.2 Å². The van der Waals surface area contributed by atoms with Crippen molar-refractivity contribution in [3.8, 4) is 5.75 Å². The second-order valence-corrected chi connectivity index (χ2v) is 6.43. The molecule has 1 atom stereocenters. The number of carboxylic acid groups (broad SMARTS) is 1. The fraction of sp³-hybridized carbons (Fsp3) is 0.188. The number of amides is 1. The van der Waals surface area contributed by atoms with Crippen LogP contribution < -0.4 is 10.1 Å². The van der Waals surface area contributed by atoms with Gasteiger partial charge in [0.25, 0.3) is 0 Å². The molecule has 0 unspecified atom stereocenters. The Morgan fingerprint density at radius 3 is 2.78 bits per heavy atom. The molecule has 0 aliphatic carbocycles. The van der Waals surface area contributed by atoms with Gasteiger partial charge in [-0.3, -0.25) is 0 Å². The fourth-order valence-corrected chi connectivity index (χ4v) is 3.41. The zero-order valence-electron chi connectivity index (χ0n) is 11.8. The summed E-state index contributed by atoms with van der Waals surface area (Å²) in [5, 5.41) is 11.3. The molecule has 3 rings (SSSR count). The van der Waals surface area contributed by atoms with Crippen molar-refractivity contribution < 1.29 is 19.0 Å². The third-order valence-electron chi connectivity index (χ3n) is 3.82. The molecule has 1 amide bonds. The van der Waals surface area contributed by atoms with E-state index in [4.69, 9.17) is 21.4 Å². The van der Waals surface area contributed by atoms with E-state index in [1.54, 1.807) is 0 Å². The summed E-state index contributed by atoms with van der Waals surface area (Å²) in [4.78, 5) is 10.9. The lowest BCUT2D eigenvalue weighted by Crippen LogP contribution is -2.43. The predicted molar refractivity (Wildman–Crippen MR) is 87.6 cm³/mol. The SMILES string of the molecule is O=C(O)NC[C@@]1(c2ccccc2)Cc2c(cc(F)c(Cl)c2Br)O1. The molecule has 0 saturated carbocycles. The average Bonchev–Trinajstić information content (AvgIpc) is 2.92. The quantitative estimate of drug-likeness (QED) is 0.754. The van der Waals surface area contributed by atoms with Crippen LogP contribution in [0.2, 0.25) is 5.02 Å². The lowest BCUT2D eigenvalue weighted by molar-refractivity contribution is 0.0896. The van der Waals surface area contributed by atoms with Crippen LogP contribution in [-0.4, -0.2) is 17.7 Å². The molecule has 23 heavy (non-hydrogen) atoms. The Balaban J connectivity index is 2.06. The largest absolute Gasteiger partial charge is 0.480 e. The number of halogens is 3. The van der Waals surface area contributed by atoms with Crippen molar-refractivity contribution >= 4 is 33.6 Å². The van der Waals surface area contributed by atoms with Gasteiger partial charge in [0, 0.05) is 22.5 Å². The molecule has 120 valence electrons. The van der Waals surface area contributed by atoms with Gasteiger partial charge in [0.05, 0.1) is 11.6 Å². The van der Waals surface area contributed by atoms with Crippen LogP contribution >= 0.6 is 27.5 Å². The molecule has 7 heteroatoms. The first-order valence-electron chi connectivity index (χ1n) is 6.81. The van der Waals surface area contributed by atoms with Crippen LogP contribution in [0.4, 0.5) is 9.18 Å². The first-order chi connectivity index (χ1) is 10.9. The molecule has 0 aromatic heterocycles. The standard InChI is InChI=1S/C16H12BrClFNO3/c17-13-10-7-16(8-20-15(21)22,9-4-2-1-3-5-9)23-12(10)6-11(19)14(13)18/h1-6,20H,7-8H2,(H,21,22)/t16-/m1/s1. The molecule has 4 nitrogen and oxygen atoms in total. The highest BCUT2D eigenvalue weighted by molar-refractivity contribution is 9.10. The van der Waals surface area contributed by atoms with E-state index in [-0.39, 0.29) is 11.6 Å². The van der Waals surface area contributed by atoms with E-state index >= 15 is 0 Å². The van der Waals surface area contributed by atoms with Gasteiger partial charge in [-0.2, -0.15) is 0 Å². The monoisotopic (exact) mass is 399 g/mol. The zero-order chi connectivity index (χ0) is 16.6. The van der Waals surface area contributed by atoms with E-state index in [9.17, 15) is 9.18 Å². The molecule has 0 spiro atoms. The number of nitrogens with one attached hydrogen (secondary N) is 1. The minimum atomic E-state index is -1.15. The molecule has 1 aliphatic rings. The van der Waals surface area contributed by atoms with Gasteiger partial charge in [0.1, 0.15) is 11.6 Å². The van der Waals surface area contributed by atoms with Crippen molar-refractivity contribution in [3.63, 3.8) is 0 Å². The number of carbonyl (C=O) groups is 1. The van der Waals surface area contributed by atoms with Crippen LogP contribution in [0.25, 0.3) is 0 Å². The van der Waals surface area contributed by atoms with Crippen molar-refractivity contribution in [2.75, 3.05) is 6.54 Å². The fourth-order valence-electron chi connectivity index (χ4n) is 2.72. The maximum Gasteiger partial charge on any atom is 0.404 e. The van der Waals surface area contributed by atoms with Crippen molar-refractivity contribution in [3.05, 3.63) is 62.8 Å². The number of hydrogen-bond acceptors (Lipinski definition) is 2. The van der Waals surface area contributed by atoms with E-state index in [1.807, 2.05) is 30.3 Å². The maximum atomic E-state index is 13.9. The molecule has 2 aromatic carbocycles. The van der Waals surface area contributed by atoms with Crippen molar-refractivity contribution in [2.45, 2.75) is 12.0 Å². The second-order valence-electron chi connectivity index (χ2n) is 5.26. The zero-order valence-corrected chi connectivity index (χ0v) is 14.1. The van der Waals surface area contributed by atoms with Crippen molar-refractivity contribution in [2.24, 2.45) is 0 Å². The van der Waals surface area contributed by atoms with Crippen molar-refractivity contribution in [1.29, 1.82) is 0 Å². The minimum absolute atomic E-state index is 0.0117. The summed E-state index contributed by atoms with van der Waals surface area (Å²) in [5.74, 6) is -0.234. The average molecular weight is 401 g/mol. The molecular formula is C16H12BrClFNO3. The van der Waals surface area contributed by atoms with Crippen molar-refractivity contribution in [1.82, 2.24) is 5.32 Å². The number of benzene rings is 2. The van der Waals surface area contributed by atoms with Gasteiger partial charge in [-0.15, -0.1) is 0 Å².